The van der Waals surface area contributed by atoms with Crippen LogP contribution in [-0.2, 0) is 70.5 Å². The molecule has 2 saturated carbocycles. The Morgan fingerprint density at radius 2 is 0.652 bits per heavy atom. The van der Waals surface area contributed by atoms with Crippen LogP contribution in [0.25, 0.3) is 22.3 Å². The van der Waals surface area contributed by atoms with Crippen LogP contribution in [0.5, 0.6) is 0 Å². The number of rotatable bonds is 36. The maximum Gasteiger partial charge on any atom is 0.407 e. The van der Waals surface area contributed by atoms with Crippen LogP contribution in [0.3, 0.4) is 0 Å². The van der Waals surface area contributed by atoms with Gasteiger partial charge in [-0.05, 0) is 137 Å². The second-order valence-corrected chi connectivity index (χ2v) is 32.1. The molecule has 0 radical (unpaired) electrons. The number of hydrogen-bond donors (Lipinski definition) is 9. The standard InChI is InChI=1S/C41H51N3O6.C34H45N3O6.C17H26N2O3/c1-4-35(38(45)43-37(23-27(2)3)40(47)49-25-29-17-9-6-10-18-29)42-39(46)36(24-28-15-7-5-8-16-28)44-41(48)50-26-34-32-21-13-11-19-30(32)31-20-12-14-22-33(31)34;1-4-28(31(38)36-30(33(40)41)18-21(2)3)35-32(39)29(19-22-12-6-5-7-13-22)37-34(42)43-20-27-25-16-10-8-14-23(25)24-15-9-11-17-26(24)27;1-4-14(18)16(20)19-15(10-12(2)3)17(21)22-11-13-8-6-5-7-9-13/h6,9-14,17-22,27-28,34-37H,4-5,7-8,15-16,23-26H2,1-3H3,(H,42,46)(H,43,45)(H,44,48);8-11,14-17,21-22,27-30H,4-7,12-13,18-20H2,1-3H3,(H,35,39)(H,36,38)(H,37,42)(H,40,41);5-9,12,14-15H,4,10-11,18H2,1-3H3,(H,19,20)/t35-,36-,37?;28-,29-,30?;14-,15?/m000/s1. The molecule has 10 rings (SSSR count). The molecule has 0 aromatic heterocycles. The van der Waals surface area contributed by atoms with Gasteiger partial charge >= 0.3 is 30.1 Å². The summed E-state index contributed by atoms with van der Waals surface area (Å²) in [6.07, 6.45) is 12.4. The molecule has 2 fully saturated rings. The third kappa shape index (κ3) is 27.9. The minimum Gasteiger partial charge on any atom is -0.480 e. The number of carboxylic acids is 1. The van der Waals surface area contributed by atoms with E-state index in [1.807, 2.05) is 170 Å². The lowest BCUT2D eigenvalue weighted by Crippen LogP contribution is -2.56. The fourth-order valence-corrected chi connectivity index (χ4v) is 15.5. The van der Waals surface area contributed by atoms with Gasteiger partial charge in [0.15, 0.2) is 0 Å². The third-order valence-corrected chi connectivity index (χ3v) is 21.7. The van der Waals surface area contributed by atoms with Crippen molar-refractivity contribution in [1.82, 2.24) is 37.2 Å². The fourth-order valence-electron chi connectivity index (χ4n) is 15.5. The van der Waals surface area contributed by atoms with E-state index >= 15 is 0 Å². The Kier molecular flexibility index (Phi) is 36.2. The maximum atomic E-state index is 13.8. The van der Waals surface area contributed by atoms with Crippen molar-refractivity contribution in [1.29, 1.82) is 0 Å². The zero-order chi connectivity index (χ0) is 82.9. The van der Waals surface area contributed by atoms with Gasteiger partial charge in [-0.25, -0.2) is 24.0 Å². The number of aliphatic carboxylic acids is 1. The highest BCUT2D eigenvalue weighted by atomic mass is 16.6. The number of ether oxygens (including phenoxy) is 4. The number of nitrogens with two attached hydrogens (primary N) is 1. The quantitative estimate of drug-likeness (QED) is 0.0130. The van der Waals surface area contributed by atoms with Crippen LogP contribution < -0.4 is 43.0 Å². The van der Waals surface area contributed by atoms with Crippen molar-refractivity contribution in [3.8, 4) is 22.3 Å². The Morgan fingerprint density at radius 3 is 0.974 bits per heavy atom. The fraction of sp³-hybridized carbons (Fsp3) is 0.500. The van der Waals surface area contributed by atoms with Crippen molar-refractivity contribution < 1.29 is 72.0 Å². The maximum absolute atomic E-state index is 13.8. The molecule has 0 aliphatic heterocycles. The molecule has 23 heteroatoms. The molecule has 0 bridgehead atoms. The Balaban J connectivity index is 0.000000231. The smallest absolute Gasteiger partial charge is 0.407 e. The number of amides is 7. The summed E-state index contributed by atoms with van der Waals surface area (Å²) in [6, 6.07) is 44.5. The molecule has 620 valence electrons. The van der Waals surface area contributed by atoms with Crippen LogP contribution in [0.1, 0.15) is 223 Å². The highest BCUT2D eigenvalue weighted by Gasteiger charge is 2.37. The summed E-state index contributed by atoms with van der Waals surface area (Å²) >= 11 is 0. The molecule has 115 heavy (non-hydrogen) atoms. The summed E-state index contributed by atoms with van der Waals surface area (Å²) in [4.78, 5) is 129. The average Bonchev–Trinajstić information content (AvgIpc) is 1.62. The zero-order valence-corrected chi connectivity index (χ0v) is 68.5. The highest BCUT2D eigenvalue weighted by molar-refractivity contribution is 5.94. The van der Waals surface area contributed by atoms with Gasteiger partial charge in [-0.1, -0.05) is 284 Å². The predicted molar refractivity (Wildman–Crippen MR) is 443 cm³/mol. The van der Waals surface area contributed by atoms with E-state index in [0.717, 1.165) is 120 Å². The van der Waals surface area contributed by atoms with E-state index in [-0.39, 0.29) is 86.6 Å². The van der Waals surface area contributed by atoms with Crippen molar-refractivity contribution >= 4 is 59.6 Å². The molecule has 0 heterocycles. The van der Waals surface area contributed by atoms with Crippen molar-refractivity contribution in [3.63, 3.8) is 0 Å². The first-order valence-electron chi connectivity index (χ1n) is 41.5. The van der Waals surface area contributed by atoms with Gasteiger partial charge in [-0.15, -0.1) is 0 Å². The molecule has 4 aliphatic carbocycles. The molecular weight excluding hydrogens is 1460 g/mol. The van der Waals surface area contributed by atoms with Crippen LogP contribution in [0, 0.1) is 29.6 Å². The molecule has 6 aromatic carbocycles. The molecule has 0 saturated heterocycles. The molecule has 3 unspecified atom stereocenters. The first-order chi connectivity index (χ1) is 55.3. The minimum atomic E-state index is -1.12. The number of carboxylic acid groups (broad SMARTS) is 1. The summed E-state index contributed by atoms with van der Waals surface area (Å²) < 4.78 is 22.4. The van der Waals surface area contributed by atoms with E-state index in [2.05, 4.69) is 73.6 Å². The number of esters is 2. The van der Waals surface area contributed by atoms with Gasteiger partial charge in [-0.3, -0.25) is 24.0 Å². The summed E-state index contributed by atoms with van der Waals surface area (Å²) in [6.45, 7) is 17.6. The molecule has 4 aliphatic rings. The number of nitrogens with one attached hydrogen (secondary N) is 7. The van der Waals surface area contributed by atoms with E-state index in [4.69, 9.17) is 24.7 Å². The average molecular weight is 1580 g/mol. The van der Waals surface area contributed by atoms with Crippen molar-refractivity contribution in [2.24, 2.45) is 35.3 Å². The van der Waals surface area contributed by atoms with E-state index < -0.39 is 102 Å². The number of carbonyl (C=O) groups excluding carboxylic acids is 9. The van der Waals surface area contributed by atoms with Gasteiger partial charge < -0.3 is 67.0 Å². The predicted octanol–water partition coefficient (Wildman–Crippen LogP) is 14.4. The Labute approximate surface area is 678 Å². The number of benzene rings is 6. The molecule has 8 atom stereocenters. The van der Waals surface area contributed by atoms with Gasteiger partial charge in [0.25, 0.3) is 0 Å². The molecule has 23 nitrogen and oxygen atoms in total. The number of hydrogen-bond acceptors (Lipinski definition) is 15. The van der Waals surface area contributed by atoms with Crippen molar-refractivity contribution in [2.45, 2.75) is 251 Å². The first-order valence-corrected chi connectivity index (χ1v) is 41.5. The Morgan fingerprint density at radius 1 is 0.357 bits per heavy atom. The van der Waals surface area contributed by atoms with Crippen LogP contribution in [0.2, 0.25) is 0 Å². The Hall–Kier alpha value is -10.4. The first kappa shape index (κ1) is 90.1. The number of fused-ring (bicyclic) bond motifs is 6. The highest BCUT2D eigenvalue weighted by Crippen LogP contribution is 2.46. The summed E-state index contributed by atoms with van der Waals surface area (Å²) in [5.41, 5.74) is 16.4. The minimum absolute atomic E-state index is 0.0670. The lowest BCUT2D eigenvalue weighted by molar-refractivity contribution is -0.150. The van der Waals surface area contributed by atoms with Gasteiger partial charge in [0, 0.05) is 11.8 Å². The zero-order valence-electron chi connectivity index (χ0n) is 68.5. The van der Waals surface area contributed by atoms with E-state index in [1.54, 1.807) is 13.8 Å². The van der Waals surface area contributed by atoms with Crippen molar-refractivity contribution in [2.75, 3.05) is 13.2 Å². The lowest BCUT2D eigenvalue weighted by Gasteiger charge is -2.28. The van der Waals surface area contributed by atoms with E-state index in [9.17, 15) is 53.1 Å². The molecular formula is C92H122N8O15. The summed E-state index contributed by atoms with van der Waals surface area (Å²) in [5, 5.41) is 28.9. The normalized spacial score (nSPS) is 15.8. The van der Waals surface area contributed by atoms with Gasteiger partial charge in [0.1, 0.15) is 68.7 Å². The van der Waals surface area contributed by atoms with Crippen LogP contribution >= 0.6 is 0 Å². The number of carbonyl (C=O) groups is 10. The summed E-state index contributed by atoms with van der Waals surface area (Å²) in [5.74, 6) is -3.55. The van der Waals surface area contributed by atoms with Crippen LogP contribution in [0.4, 0.5) is 9.59 Å². The van der Waals surface area contributed by atoms with Crippen LogP contribution in [0.15, 0.2) is 158 Å². The van der Waals surface area contributed by atoms with E-state index in [0.29, 0.717) is 38.5 Å². The Bertz CT molecular complexity index is 4050. The van der Waals surface area contributed by atoms with Crippen LogP contribution in [-0.4, -0.2) is 126 Å². The largest absolute Gasteiger partial charge is 0.480 e. The van der Waals surface area contributed by atoms with Crippen molar-refractivity contribution in [3.05, 3.63) is 191 Å². The molecule has 0 spiro atoms. The van der Waals surface area contributed by atoms with Gasteiger partial charge in [0.05, 0.1) is 6.04 Å². The second-order valence-electron chi connectivity index (χ2n) is 32.1. The monoisotopic (exact) mass is 1580 g/mol. The molecule has 6 aromatic rings. The molecule has 7 amide bonds. The SMILES string of the molecule is CC[C@H](N)C(=O)NC(CC(C)C)C(=O)OCc1ccccc1.CC[C@H](NC(=O)[C@H](CC1CCCCC1)NC(=O)OCC1c2ccccc2-c2ccccc21)C(=O)NC(CC(C)C)C(=O)O.CC[C@H](NC(=O)[C@H](CC1CCCCC1)NC(=O)OCC1c2ccccc2-c2ccccc21)C(=O)NC(CC(C)C)C(=O)OCc1ccccc1. The van der Waals surface area contributed by atoms with E-state index in [1.165, 1.54) is 0 Å². The molecule has 10 N–H and O–H groups in total. The van der Waals surface area contributed by atoms with Gasteiger partial charge in [0.2, 0.25) is 29.5 Å². The summed E-state index contributed by atoms with van der Waals surface area (Å²) in [7, 11) is 0. The third-order valence-electron chi connectivity index (χ3n) is 21.7. The van der Waals surface area contributed by atoms with Gasteiger partial charge in [-0.2, -0.15) is 0 Å². The topological polar surface area (TPSA) is 338 Å². The second kappa shape index (κ2) is 46.2. The lowest BCUT2D eigenvalue weighted by atomic mass is 9.84. The number of alkyl carbamates (subject to hydrolysis) is 2.